The summed E-state index contributed by atoms with van der Waals surface area (Å²) in [7, 11) is 0. The van der Waals surface area contributed by atoms with Gasteiger partial charge in [0.15, 0.2) is 0 Å². The van der Waals surface area contributed by atoms with Crippen molar-refractivity contribution in [3.63, 3.8) is 0 Å². The van der Waals surface area contributed by atoms with Crippen molar-refractivity contribution >= 4 is 17.9 Å². The van der Waals surface area contributed by atoms with Gasteiger partial charge in [0, 0.05) is 0 Å². The van der Waals surface area contributed by atoms with E-state index < -0.39 is 35.7 Å². The Bertz CT molecular complexity index is 804. The summed E-state index contributed by atoms with van der Waals surface area (Å²) in [6.07, 6.45) is 3.51. The van der Waals surface area contributed by atoms with Gasteiger partial charge in [-0.1, -0.05) is 18.2 Å². The van der Waals surface area contributed by atoms with E-state index >= 15 is 0 Å². The fourth-order valence-corrected chi connectivity index (χ4v) is 6.38. The summed E-state index contributed by atoms with van der Waals surface area (Å²) in [6.45, 7) is 4.46. The van der Waals surface area contributed by atoms with Crippen molar-refractivity contribution in [1.29, 1.82) is 0 Å². The van der Waals surface area contributed by atoms with Crippen molar-refractivity contribution in [2.45, 2.75) is 38.5 Å². The molecule has 3 fully saturated rings. The van der Waals surface area contributed by atoms with E-state index in [0.717, 1.165) is 55.6 Å². The molecular weight excluding hydrogens is 462 g/mol. The van der Waals surface area contributed by atoms with Crippen molar-refractivity contribution in [3.8, 4) is 0 Å². The van der Waals surface area contributed by atoms with E-state index in [9.17, 15) is 29.7 Å². The number of carboxylic acids is 3. The van der Waals surface area contributed by atoms with Crippen LogP contribution in [0.15, 0.2) is 18.2 Å². The van der Waals surface area contributed by atoms with Crippen molar-refractivity contribution < 1.29 is 29.7 Å². The number of benzene rings is 1. The number of rotatable bonds is 12. The molecule has 6 atom stereocenters. The molecular formula is C27H39N3O6. The summed E-state index contributed by atoms with van der Waals surface area (Å²) in [5.41, 5.74) is 2.55. The highest BCUT2D eigenvalue weighted by Gasteiger charge is 2.34. The standard InChI is InChI=1S/C27H39N3O6/c31-25(32)22(19-1-4-28-13-19)10-16-7-17(11-23(26(33)34)20-2-5-29-14-20)9-18(8-16)12-24(27(35)36)21-3-6-30-15-21/h7-9,19-24,28-30H,1-6,10-15H2,(H,31,32)(H,33,34)(H,35,36). The van der Waals surface area contributed by atoms with E-state index in [4.69, 9.17) is 0 Å². The smallest absolute Gasteiger partial charge is 0.307 e. The van der Waals surface area contributed by atoms with Gasteiger partial charge in [-0.3, -0.25) is 14.4 Å². The molecule has 0 radical (unpaired) electrons. The number of carbonyl (C=O) groups is 3. The van der Waals surface area contributed by atoms with Gasteiger partial charge in [0.2, 0.25) is 0 Å². The number of hydrogen-bond acceptors (Lipinski definition) is 6. The molecule has 0 aliphatic carbocycles. The Morgan fingerprint density at radius 1 is 0.611 bits per heavy atom. The largest absolute Gasteiger partial charge is 0.481 e. The molecule has 3 heterocycles. The van der Waals surface area contributed by atoms with Crippen LogP contribution in [0.25, 0.3) is 0 Å². The lowest BCUT2D eigenvalue weighted by Gasteiger charge is -2.23. The average Bonchev–Trinajstić information content (AvgIpc) is 3.62. The van der Waals surface area contributed by atoms with Crippen LogP contribution in [0.5, 0.6) is 0 Å². The molecule has 9 heteroatoms. The molecule has 36 heavy (non-hydrogen) atoms. The zero-order chi connectivity index (χ0) is 25.7. The molecule has 6 N–H and O–H groups in total. The quantitative estimate of drug-likeness (QED) is 0.249. The monoisotopic (exact) mass is 501 g/mol. The molecule has 1 aromatic carbocycles. The Morgan fingerprint density at radius 2 is 0.889 bits per heavy atom. The van der Waals surface area contributed by atoms with Gasteiger partial charge in [-0.05, 0) is 112 Å². The number of hydrogen-bond donors (Lipinski definition) is 6. The van der Waals surface area contributed by atoms with Crippen LogP contribution in [-0.4, -0.2) is 72.5 Å². The van der Waals surface area contributed by atoms with Crippen molar-refractivity contribution in [1.82, 2.24) is 16.0 Å². The summed E-state index contributed by atoms with van der Waals surface area (Å²) in [5.74, 6) is -3.94. The molecule has 0 aromatic heterocycles. The number of aliphatic carboxylic acids is 3. The highest BCUT2D eigenvalue weighted by atomic mass is 16.4. The van der Waals surface area contributed by atoms with E-state index in [1.165, 1.54) is 0 Å². The lowest BCUT2D eigenvalue weighted by molar-refractivity contribution is -0.144. The van der Waals surface area contributed by atoms with E-state index in [0.29, 0.717) is 38.9 Å². The van der Waals surface area contributed by atoms with E-state index in [1.807, 2.05) is 18.2 Å². The van der Waals surface area contributed by atoms with Gasteiger partial charge in [0.25, 0.3) is 0 Å². The second-order valence-corrected chi connectivity index (χ2v) is 10.9. The van der Waals surface area contributed by atoms with E-state index in [1.54, 1.807) is 0 Å². The van der Waals surface area contributed by atoms with Gasteiger partial charge < -0.3 is 31.3 Å². The minimum Gasteiger partial charge on any atom is -0.481 e. The zero-order valence-electron chi connectivity index (χ0n) is 20.7. The van der Waals surface area contributed by atoms with Gasteiger partial charge in [-0.15, -0.1) is 0 Å². The number of carboxylic acid groups (broad SMARTS) is 3. The van der Waals surface area contributed by atoms with Crippen LogP contribution in [0, 0.1) is 35.5 Å². The van der Waals surface area contributed by atoms with Crippen LogP contribution in [-0.2, 0) is 33.6 Å². The third-order valence-electron chi connectivity index (χ3n) is 8.43. The highest BCUT2D eigenvalue weighted by molar-refractivity contribution is 5.72. The normalized spacial score (nSPS) is 26.5. The Morgan fingerprint density at radius 3 is 1.08 bits per heavy atom. The molecule has 0 saturated carbocycles. The number of nitrogens with one attached hydrogen (secondary N) is 3. The first-order chi connectivity index (χ1) is 17.3. The molecule has 0 bridgehead atoms. The Hall–Kier alpha value is -2.49. The van der Waals surface area contributed by atoms with Crippen LogP contribution >= 0.6 is 0 Å². The van der Waals surface area contributed by atoms with Gasteiger partial charge >= 0.3 is 17.9 Å². The summed E-state index contributed by atoms with van der Waals surface area (Å²) < 4.78 is 0. The van der Waals surface area contributed by atoms with Crippen molar-refractivity contribution in [2.75, 3.05) is 39.3 Å². The lowest BCUT2D eigenvalue weighted by atomic mass is 9.81. The molecule has 3 aliphatic rings. The SMILES string of the molecule is O=C(O)C(Cc1cc(CC(C(=O)O)C2CCNC2)cc(CC(C(=O)O)C2CCNC2)c1)C1CCNC1. The van der Waals surface area contributed by atoms with Crippen LogP contribution in [0.3, 0.4) is 0 Å². The Kier molecular flexibility index (Phi) is 8.98. The Balaban J connectivity index is 1.62. The van der Waals surface area contributed by atoms with Gasteiger partial charge in [-0.25, -0.2) is 0 Å². The third kappa shape index (κ3) is 6.63. The average molecular weight is 502 g/mol. The second kappa shape index (κ2) is 12.2. The minimum absolute atomic E-state index is 0.0438. The summed E-state index contributed by atoms with van der Waals surface area (Å²) in [6, 6.07) is 5.85. The molecule has 1 aromatic rings. The van der Waals surface area contributed by atoms with Gasteiger partial charge in [0.1, 0.15) is 0 Å². The first kappa shape index (κ1) is 26.6. The van der Waals surface area contributed by atoms with Crippen LogP contribution in [0.4, 0.5) is 0 Å². The van der Waals surface area contributed by atoms with Crippen molar-refractivity contribution in [3.05, 3.63) is 34.9 Å². The highest BCUT2D eigenvalue weighted by Crippen LogP contribution is 2.30. The van der Waals surface area contributed by atoms with Crippen LogP contribution in [0.2, 0.25) is 0 Å². The minimum atomic E-state index is -0.823. The van der Waals surface area contributed by atoms with E-state index in [-0.39, 0.29) is 17.8 Å². The maximum Gasteiger partial charge on any atom is 0.307 e. The van der Waals surface area contributed by atoms with Gasteiger partial charge in [0.05, 0.1) is 17.8 Å². The summed E-state index contributed by atoms with van der Waals surface area (Å²) in [4.78, 5) is 36.4. The first-order valence-electron chi connectivity index (χ1n) is 13.2. The second-order valence-electron chi connectivity index (χ2n) is 10.9. The molecule has 3 saturated heterocycles. The molecule has 0 amide bonds. The fourth-order valence-electron chi connectivity index (χ4n) is 6.38. The molecule has 6 unspecified atom stereocenters. The molecule has 0 spiro atoms. The summed E-state index contributed by atoms with van der Waals surface area (Å²) in [5, 5.41) is 39.6. The predicted molar refractivity (Wildman–Crippen MR) is 134 cm³/mol. The topological polar surface area (TPSA) is 148 Å². The summed E-state index contributed by atoms with van der Waals surface area (Å²) >= 11 is 0. The molecule has 198 valence electrons. The fraction of sp³-hybridized carbons (Fsp3) is 0.667. The van der Waals surface area contributed by atoms with Crippen LogP contribution in [0.1, 0.15) is 36.0 Å². The molecule has 4 rings (SSSR count). The molecule has 9 nitrogen and oxygen atoms in total. The predicted octanol–water partition coefficient (Wildman–Crippen LogP) is 1.25. The lowest BCUT2D eigenvalue weighted by Crippen LogP contribution is -2.29. The van der Waals surface area contributed by atoms with Crippen LogP contribution < -0.4 is 16.0 Å². The first-order valence-corrected chi connectivity index (χ1v) is 13.2. The molecule has 3 aliphatic heterocycles. The maximum atomic E-state index is 12.1. The van der Waals surface area contributed by atoms with Gasteiger partial charge in [-0.2, -0.15) is 0 Å². The van der Waals surface area contributed by atoms with Crippen molar-refractivity contribution in [2.24, 2.45) is 35.5 Å². The maximum absolute atomic E-state index is 12.1. The third-order valence-corrected chi connectivity index (χ3v) is 8.43. The zero-order valence-corrected chi connectivity index (χ0v) is 20.7. The van der Waals surface area contributed by atoms with E-state index in [2.05, 4.69) is 16.0 Å². The Labute approximate surface area is 212 Å².